The number of anilines is 1. The summed E-state index contributed by atoms with van der Waals surface area (Å²) in [6.07, 6.45) is 6.72. The molecule has 232 valence electrons. The predicted molar refractivity (Wildman–Crippen MR) is 177 cm³/mol. The van der Waals surface area contributed by atoms with Crippen LogP contribution in [0.3, 0.4) is 0 Å². The molecule has 0 radical (unpaired) electrons. The second-order valence-electron chi connectivity index (χ2n) is 12.2. The third-order valence-corrected chi connectivity index (χ3v) is 8.99. The quantitative estimate of drug-likeness (QED) is 0.229. The van der Waals surface area contributed by atoms with Gasteiger partial charge in [0.1, 0.15) is 5.75 Å². The van der Waals surface area contributed by atoms with E-state index in [1.807, 2.05) is 38.1 Å². The first-order valence-corrected chi connectivity index (χ1v) is 15.9. The zero-order chi connectivity index (χ0) is 31.1. The Morgan fingerprint density at radius 3 is 2.23 bits per heavy atom. The smallest absolute Gasteiger partial charge is 0.253 e. The van der Waals surface area contributed by atoms with Crippen LogP contribution in [-0.2, 0) is 6.54 Å². The molecule has 1 aliphatic rings. The topological polar surface area (TPSA) is 77.7 Å². The van der Waals surface area contributed by atoms with Crippen LogP contribution >= 0.6 is 0 Å². The number of pyridine rings is 1. The Kier molecular flexibility index (Phi) is 11.1. The molecular formula is C36H50N4O3. The minimum atomic E-state index is -0.174. The number of aromatic nitrogens is 1. The SMILES string of the molecule is CCCCOc1ccc(-c2cc(C(=O)NCc3c(C)cc(C)[nH]c3=O)c(C)c(N(CC)C3CCC(N(C)C)CC3)c2)cc1. The number of aryl methyl sites for hydroxylation is 2. The summed E-state index contributed by atoms with van der Waals surface area (Å²) in [6.45, 7) is 11.9. The van der Waals surface area contributed by atoms with Gasteiger partial charge in [0.2, 0.25) is 0 Å². The van der Waals surface area contributed by atoms with Gasteiger partial charge in [0.15, 0.2) is 0 Å². The van der Waals surface area contributed by atoms with Gasteiger partial charge in [0.05, 0.1) is 6.61 Å². The first kappa shape index (κ1) is 32.3. The van der Waals surface area contributed by atoms with E-state index in [9.17, 15) is 9.59 Å². The fourth-order valence-electron chi connectivity index (χ4n) is 6.35. The maximum absolute atomic E-state index is 13.8. The number of benzene rings is 2. The molecule has 1 amide bonds. The number of unbranched alkanes of at least 4 members (excludes halogenated alkanes) is 1. The molecule has 0 bridgehead atoms. The van der Waals surface area contributed by atoms with E-state index in [4.69, 9.17) is 4.74 Å². The van der Waals surface area contributed by atoms with E-state index < -0.39 is 0 Å². The van der Waals surface area contributed by atoms with Gasteiger partial charge in [-0.25, -0.2) is 0 Å². The van der Waals surface area contributed by atoms with Crippen molar-refractivity contribution >= 4 is 11.6 Å². The van der Waals surface area contributed by atoms with E-state index in [-0.39, 0.29) is 18.0 Å². The minimum Gasteiger partial charge on any atom is -0.494 e. The molecule has 0 atom stereocenters. The molecule has 1 heterocycles. The Balaban J connectivity index is 1.68. The fourth-order valence-corrected chi connectivity index (χ4v) is 6.35. The standard InChI is InChI=1S/C36H50N4O3/c1-8-10-19-43-31-17-11-27(12-18-31)28-21-32(35(41)37-23-33-24(3)20-25(4)38-36(33)42)26(5)34(22-28)40(9-2)30-15-13-29(14-16-30)39(6)7/h11-12,17-18,20-22,29-30H,8-10,13-16,19,23H2,1-7H3,(H,37,41)(H,38,42). The molecule has 7 nitrogen and oxygen atoms in total. The molecule has 3 aromatic rings. The average Bonchev–Trinajstić information content (AvgIpc) is 2.98. The Bertz CT molecular complexity index is 1440. The number of carbonyl (C=O) groups excluding carboxylic acids is 1. The van der Waals surface area contributed by atoms with Crippen LogP contribution in [0.25, 0.3) is 11.1 Å². The lowest BCUT2D eigenvalue weighted by Crippen LogP contribution is -2.42. The summed E-state index contributed by atoms with van der Waals surface area (Å²) in [6, 6.07) is 15.4. The number of hydrogen-bond donors (Lipinski definition) is 2. The highest BCUT2D eigenvalue weighted by molar-refractivity contribution is 5.99. The van der Waals surface area contributed by atoms with Gasteiger partial charge in [-0.3, -0.25) is 9.59 Å². The zero-order valence-corrected chi connectivity index (χ0v) is 27.2. The van der Waals surface area contributed by atoms with E-state index in [2.05, 4.69) is 73.2 Å². The predicted octanol–water partition coefficient (Wildman–Crippen LogP) is 6.78. The third-order valence-electron chi connectivity index (χ3n) is 8.99. The average molecular weight is 587 g/mol. The highest BCUT2D eigenvalue weighted by atomic mass is 16.5. The summed E-state index contributed by atoms with van der Waals surface area (Å²) in [5, 5.41) is 3.05. The van der Waals surface area contributed by atoms with Crippen LogP contribution in [0, 0.1) is 20.8 Å². The molecule has 43 heavy (non-hydrogen) atoms. The summed E-state index contributed by atoms with van der Waals surface area (Å²) >= 11 is 0. The largest absolute Gasteiger partial charge is 0.494 e. The van der Waals surface area contributed by atoms with Gasteiger partial charge in [-0.15, -0.1) is 0 Å². The summed E-state index contributed by atoms with van der Waals surface area (Å²) in [7, 11) is 4.35. The van der Waals surface area contributed by atoms with Crippen LogP contribution in [-0.4, -0.2) is 55.1 Å². The number of hydrogen-bond acceptors (Lipinski definition) is 5. The van der Waals surface area contributed by atoms with Crippen LogP contribution in [0.4, 0.5) is 5.69 Å². The third kappa shape index (κ3) is 7.88. The van der Waals surface area contributed by atoms with Gasteiger partial charge in [0.25, 0.3) is 11.5 Å². The molecule has 1 aromatic heterocycles. The number of ether oxygens (including phenoxy) is 1. The molecule has 0 aliphatic heterocycles. The highest BCUT2D eigenvalue weighted by Gasteiger charge is 2.28. The molecule has 2 aromatic carbocycles. The number of carbonyl (C=O) groups is 1. The lowest BCUT2D eigenvalue weighted by atomic mass is 9.88. The van der Waals surface area contributed by atoms with Crippen molar-refractivity contribution in [1.29, 1.82) is 0 Å². The Labute approximate surface area is 257 Å². The first-order valence-electron chi connectivity index (χ1n) is 15.9. The van der Waals surface area contributed by atoms with Gasteiger partial charge in [-0.2, -0.15) is 0 Å². The van der Waals surface area contributed by atoms with Crippen molar-refractivity contribution in [3.63, 3.8) is 0 Å². The van der Waals surface area contributed by atoms with E-state index in [0.29, 0.717) is 29.8 Å². The van der Waals surface area contributed by atoms with Gasteiger partial charge in [-0.1, -0.05) is 25.5 Å². The molecule has 0 unspecified atom stereocenters. The van der Waals surface area contributed by atoms with Crippen LogP contribution in [0.5, 0.6) is 5.75 Å². The van der Waals surface area contributed by atoms with Gasteiger partial charge < -0.3 is 24.8 Å². The van der Waals surface area contributed by atoms with Crippen molar-refractivity contribution in [3.8, 4) is 16.9 Å². The van der Waals surface area contributed by atoms with Crippen LogP contribution in [0.1, 0.15) is 85.1 Å². The monoisotopic (exact) mass is 586 g/mol. The van der Waals surface area contributed by atoms with Crippen molar-refractivity contribution in [2.75, 3.05) is 32.1 Å². The second kappa shape index (κ2) is 14.7. The summed E-state index contributed by atoms with van der Waals surface area (Å²) < 4.78 is 5.90. The number of aromatic amines is 1. The van der Waals surface area contributed by atoms with E-state index >= 15 is 0 Å². The van der Waals surface area contributed by atoms with E-state index in [1.165, 1.54) is 12.8 Å². The Morgan fingerprint density at radius 2 is 1.63 bits per heavy atom. The zero-order valence-electron chi connectivity index (χ0n) is 27.2. The van der Waals surface area contributed by atoms with Gasteiger partial charge in [-0.05, 0) is 126 Å². The number of amides is 1. The Morgan fingerprint density at radius 1 is 0.953 bits per heavy atom. The summed E-state index contributed by atoms with van der Waals surface area (Å²) in [5.74, 6) is 0.681. The number of nitrogens with one attached hydrogen (secondary N) is 2. The maximum atomic E-state index is 13.8. The van der Waals surface area contributed by atoms with Crippen molar-refractivity contribution in [3.05, 3.63) is 80.8 Å². The number of rotatable bonds is 12. The van der Waals surface area contributed by atoms with Crippen molar-refractivity contribution in [2.45, 2.75) is 91.8 Å². The first-order chi connectivity index (χ1) is 20.6. The molecular weight excluding hydrogens is 536 g/mol. The molecule has 0 saturated heterocycles. The summed E-state index contributed by atoms with van der Waals surface area (Å²) in [5.41, 5.74) is 6.85. The van der Waals surface area contributed by atoms with Crippen molar-refractivity contribution < 1.29 is 9.53 Å². The van der Waals surface area contributed by atoms with Gasteiger partial charge in [0, 0.05) is 47.7 Å². The second-order valence-corrected chi connectivity index (χ2v) is 12.2. The van der Waals surface area contributed by atoms with Gasteiger partial charge >= 0.3 is 0 Å². The lowest BCUT2D eigenvalue weighted by Gasteiger charge is -2.40. The van der Waals surface area contributed by atoms with Crippen molar-refractivity contribution in [2.24, 2.45) is 0 Å². The number of nitrogens with zero attached hydrogens (tertiary/aromatic N) is 2. The highest BCUT2D eigenvalue weighted by Crippen LogP contribution is 2.36. The molecule has 1 fully saturated rings. The Hall–Kier alpha value is -3.58. The fraction of sp³-hybridized carbons (Fsp3) is 0.500. The summed E-state index contributed by atoms with van der Waals surface area (Å²) in [4.78, 5) is 34.1. The normalized spacial score (nSPS) is 16.7. The van der Waals surface area contributed by atoms with Crippen LogP contribution in [0.15, 0.2) is 47.3 Å². The van der Waals surface area contributed by atoms with E-state index in [0.717, 1.165) is 71.6 Å². The van der Waals surface area contributed by atoms with Crippen LogP contribution < -0.4 is 20.5 Å². The maximum Gasteiger partial charge on any atom is 0.253 e. The molecule has 7 heteroatoms. The molecule has 1 saturated carbocycles. The minimum absolute atomic E-state index is 0.157. The lowest BCUT2D eigenvalue weighted by molar-refractivity contribution is 0.0950. The molecule has 2 N–H and O–H groups in total. The van der Waals surface area contributed by atoms with Crippen LogP contribution in [0.2, 0.25) is 0 Å². The molecule has 4 rings (SSSR count). The molecule has 0 spiro atoms. The van der Waals surface area contributed by atoms with Crippen molar-refractivity contribution in [1.82, 2.24) is 15.2 Å². The molecule has 1 aliphatic carbocycles. The van der Waals surface area contributed by atoms with E-state index in [1.54, 1.807) is 0 Å². The number of H-pyrrole nitrogens is 1.